The van der Waals surface area contributed by atoms with Crippen LogP contribution >= 0.6 is 11.3 Å². The molecular formula is C67H54IrN3SSi. The maximum absolute atomic E-state index is 5.39. The second-order valence-corrected chi connectivity index (χ2v) is 25.9. The molecule has 0 N–H and O–H groups in total. The number of nitrogens with zero attached hydrogens (tertiary/aromatic N) is 3. The molecule has 0 spiro atoms. The fourth-order valence-electron chi connectivity index (χ4n) is 9.89. The van der Waals surface area contributed by atoms with E-state index in [0.29, 0.717) is 5.92 Å². The van der Waals surface area contributed by atoms with Gasteiger partial charge in [0.25, 0.3) is 0 Å². The van der Waals surface area contributed by atoms with Crippen molar-refractivity contribution >= 4 is 55.9 Å². The van der Waals surface area contributed by atoms with E-state index in [1.807, 2.05) is 29.5 Å². The molecule has 0 radical (unpaired) electrons. The fraction of sp³-hybridized carbons (Fsp3) is 0.104. The van der Waals surface area contributed by atoms with E-state index in [4.69, 9.17) is 9.97 Å². The summed E-state index contributed by atoms with van der Waals surface area (Å²) in [4.78, 5) is 10.1. The zero-order chi connectivity index (χ0) is 49.2. The number of fused-ring (bicyclic) bond motifs is 4. The van der Waals surface area contributed by atoms with Crippen LogP contribution in [0.4, 0.5) is 0 Å². The minimum atomic E-state index is -1.42. The molecular weight excluding hydrogens is 1100 g/mol. The molecule has 0 bridgehead atoms. The van der Waals surface area contributed by atoms with Gasteiger partial charge in [-0.2, -0.15) is 41.7 Å². The predicted molar refractivity (Wildman–Crippen MR) is 309 cm³/mol. The monoisotopic (exact) mass is 1150 g/mol. The molecule has 3 nitrogen and oxygen atoms in total. The second-order valence-electron chi connectivity index (χ2n) is 19.8. The number of hydrogen-bond acceptors (Lipinski definition) is 3. The van der Waals surface area contributed by atoms with Gasteiger partial charge < -0.3 is 9.55 Å². The van der Waals surface area contributed by atoms with Gasteiger partial charge >= 0.3 is 20.1 Å². The molecule has 356 valence electrons. The van der Waals surface area contributed by atoms with Crippen molar-refractivity contribution in [3.8, 4) is 72.7 Å². The van der Waals surface area contributed by atoms with E-state index in [-0.39, 0.29) is 20.1 Å². The Balaban J connectivity index is 0.000000246. The molecule has 0 unspecified atom stereocenters. The number of benzene rings is 9. The minimum absolute atomic E-state index is 0. The number of imidazole rings is 1. The largest absolute Gasteiger partial charge is 3.00 e. The molecule has 0 aliphatic rings. The van der Waals surface area contributed by atoms with Crippen LogP contribution < -0.4 is 5.32 Å². The predicted octanol–water partition coefficient (Wildman–Crippen LogP) is 17.6. The quantitative estimate of drug-likeness (QED) is 0.101. The van der Waals surface area contributed by atoms with Gasteiger partial charge in [-0.3, -0.25) is 4.98 Å². The third-order valence-corrected chi connectivity index (χ3v) is 16.3. The number of rotatable bonds is 10. The van der Waals surface area contributed by atoms with Crippen LogP contribution in [-0.4, -0.2) is 22.6 Å². The maximum atomic E-state index is 5.39. The Hall–Kier alpha value is -7.31. The van der Waals surface area contributed by atoms with E-state index in [0.717, 1.165) is 67.9 Å². The van der Waals surface area contributed by atoms with Gasteiger partial charge in [0.05, 0.1) is 30.6 Å². The minimum Gasteiger partial charge on any atom is -0.370 e. The summed E-state index contributed by atoms with van der Waals surface area (Å²) in [5, 5.41) is 3.76. The van der Waals surface area contributed by atoms with E-state index in [2.05, 4.69) is 257 Å². The van der Waals surface area contributed by atoms with Crippen molar-refractivity contribution in [1.82, 2.24) is 14.5 Å². The molecule has 6 heteroatoms. The maximum Gasteiger partial charge on any atom is 3.00 e. The molecule has 0 saturated heterocycles. The first-order chi connectivity index (χ1) is 35.2. The summed E-state index contributed by atoms with van der Waals surface area (Å²) in [6.07, 6.45) is 4.31. The van der Waals surface area contributed by atoms with Crippen LogP contribution in [0.2, 0.25) is 19.6 Å². The normalized spacial score (nSPS) is 11.4. The molecule has 0 saturated carbocycles. The van der Waals surface area contributed by atoms with Gasteiger partial charge in [0.1, 0.15) is 0 Å². The summed E-state index contributed by atoms with van der Waals surface area (Å²) >= 11 is 1.82. The van der Waals surface area contributed by atoms with E-state index < -0.39 is 8.07 Å². The Labute approximate surface area is 448 Å². The Morgan fingerprint density at radius 2 is 1.12 bits per heavy atom. The molecule has 12 aromatic rings. The molecule has 3 heterocycles. The smallest absolute Gasteiger partial charge is 0.370 e. The molecule has 12 rings (SSSR count). The van der Waals surface area contributed by atoms with Crippen molar-refractivity contribution in [3.63, 3.8) is 0 Å². The SMILES string of the molecule is CC(C)Cc1cc(-c2[c-]cccc2)[c-]nc1[Si](C)(C)C.[Ir+3].[c-]1ccc2c(sc3cc(-c4ccc(-c5ccccc5)cc4)ccc32)c1-c1nc2ccccc2n1-c1c(-c2ccccc2)cccc1-c1ccccc1. The number of aromatic nitrogens is 3. The molecule has 0 aliphatic heterocycles. The third kappa shape index (κ3) is 10.2. The molecule has 0 fully saturated rings. The van der Waals surface area contributed by atoms with Crippen LogP contribution in [0, 0.1) is 24.2 Å². The molecule has 0 amide bonds. The topological polar surface area (TPSA) is 30.7 Å². The third-order valence-electron chi connectivity index (χ3n) is 13.2. The van der Waals surface area contributed by atoms with Crippen molar-refractivity contribution in [2.45, 2.75) is 39.9 Å². The summed E-state index contributed by atoms with van der Waals surface area (Å²) in [6.45, 7) is 11.6. The zero-order valence-electron chi connectivity index (χ0n) is 41.7. The van der Waals surface area contributed by atoms with Crippen molar-refractivity contribution in [2.24, 2.45) is 5.92 Å². The summed E-state index contributed by atoms with van der Waals surface area (Å²) in [5.41, 5.74) is 17.1. The first-order valence-corrected chi connectivity index (χ1v) is 29.1. The second kappa shape index (κ2) is 21.4. The van der Waals surface area contributed by atoms with Gasteiger partial charge in [0, 0.05) is 15.8 Å². The number of thiophene rings is 1. The zero-order valence-corrected chi connectivity index (χ0v) is 45.9. The first kappa shape index (κ1) is 49.3. The Bertz CT molecular complexity index is 3770. The van der Waals surface area contributed by atoms with E-state index >= 15 is 0 Å². The Kier molecular flexibility index (Phi) is 14.5. The molecule has 9 aromatic carbocycles. The molecule has 3 aromatic heterocycles. The average Bonchev–Trinajstić information content (AvgIpc) is 4.00. The summed E-state index contributed by atoms with van der Waals surface area (Å²) in [5.74, 6) is 1.53. The van der Waals surface area contributed by atoms with Gasteiger partial charge in [0.2, 0.25) is 0 Å². The summed E-state index contributed by atoms with van der Waals surface area (Å²) in [6, 6.07) is 84.3. The summed E-state index contributed by atoms with van der Waals surface area (Å²) < 4.78 is 4.80. The Morgan fingerprint density at radius 3 is 1.75 bits per heavy atom. The number of pyridine rings is 1. The number of hydrogen-bond donors (Lipinski definition) is 0. The van der Waals surface area contributed by atoms with Crippen LogP contribution in [-0.2, 0) is 26.5 Å². The van der Waals surface area contributed by atoms with E-state index in [1.54, 1.807) is 0 Å². The standard InChI is InChI=1S/C49H31N2S.C18H23NSi.Ir/c1-4-14-33(15-5-1)34-26-28-35(29-27-34)38-30-31-41-42-22-13-23-43(48(42)52-46(41)32-38)49-50-44-24-10-11-25-45(44)51(49)47-39(36-16-6-2-7-17-36)20-12-21-40(47)37-18-8-3-9-19-37;1-14(2)11-16-12-17(15-9-7-6-8-10-15)13-19-18(16)20(3,4)5;/h1-22,24-32H;6-9,12,14H,11H2,1-5H3;/q-1;-2;+3. The summed E-state index contributed by atoms with van der Waals surface area (Å²) in [7, 11) is -1.42. The van der Waals surface area contributed by atoms with E-state index in [1.165, 1.54) is 53.3 Å². The average molecular weight is 1150 g/mol. The van der Waals surface area contributed by atoms with Crippen LogP contribution in [0.15, 0.2) is 218 Å². The van der Waals surface area contributed by atoms with Crippen molar-refractivity contribution in [1.29, 1.82) is 0 Å². The van der Waals surface area contributed by atoms with Crippen molar-refractivity contribution < 1.29 is 20.1 Å². The number of para-hydroxylation sites is 3. The molecule has 73 heavy (non-hydrogen) atoms. The van der Waals surface area contributed by atoms with Crippen molar-refractivity contribution in [3.05, 3.63) is 242 Å². The van der Waals surface area contributed by atoms with Crippen LogP contribution in [0.3, 0.4) is 0 Å². The van der Waals surface area contributed by atoms with Crippen molar-refractivity contribution in [2.75, 3.05) is 0 Å². The van der Waals surface area contributed by atoms with Gasteiger partial charge in [0.15, 0.2) is 0 Å². The fourth-order valence-corrected chi connectivity index (χ4v) is 12.6. The molecule has 0 aliphatic carbocycles. The van der Waals surface area contributed by atoms with Gasteiger partial charge in [-0.1, -0.05) is 214 Å². The molecule has 0 atom stereocenters. The van der Waals surface area contributed by atoms with E-state index in [9.17, 15) is 0 Å². The van der Waals surface area contributed by atoms with Crippen LogP contribution in [0.25, 0.3) is 104 Å². The van der Waals surface area contributed by atoms with Gasteiger partial charge in [-0.05, 0) is 74.0 Å². The first-order valence-electron chi connectivity index (χ1n) is 24.8. The Morgan fingerprint density at radius 1 is 0.534 bits per heavy atom. The van der Waals surface area contributed by atoms with Crippen LogP contribution in [0.5, 0.6) is 0 Å². The van der Waals surface area contributed by atoms with Gasteiger partial charge in [-0.25, -0.2) is 11.1 Å². The van der Waals surface area contributed by atoms with Gasteiger partial charge in [-0.15, -0.1) is 29.8 Å². The van der Waals surface area contributed by atoms with Crippen LogP contribution in [0.1, 0.15) is 19.4 Å².